The molecular formula is C14H25NO2. The summed E-state index contributed by atoms with van der Waals surface area (Å²) in [6, 6.07) is 0. The Morgan fingerprint density at radius 1 is 1.41 bits per heavy atom. The van der Waals surface area contributed by atoms with Crippen molar-refractivity contribution in [3.05, 3.63) is 0 Å². The summed E-state index contributed by atoms with van der Waals surface area (Å²) in [5.74, 6) is 0.858. The van der Waals surface area contributed by atoms with Gasteiger partial charge in [-0.2, -0.15) is 0 Å². The van der Waals surface area contributed by atoms with Crippen LogP contribution in [-0.2, 0) is 9.53 Å². The van der Waals surface area contributed by atoms with E-state index in [1.165, 1.54) is 19.3 Å². The quantitative estimate of drug-likeness (QED) is 0.749. The lowest BCUT2D eigenvalue weighted by Gasteiger charge is -2.34. The minimum Gasteiger partial charge on any atom is -0.465 e. The first-order chi connectivity index (χ1) is 8.27. The molecule has 1 saturated heterocycles. The van der Waals surface area contributed by atoms with Crippen LogP contribution in [0.1, 0.15) is 51.9 Å². The minimum atomic E-state index is -0.238. The Kier molecular flexibility index (Phi) is 4.43. The Balaban J connectivity index is 1.75. The zero-order valence-electron chi connectivity index (χ0n) is 11.0. The van der Waals surface area contributed by atoms with Gasteiger partial charge in [0.05, 0.1) is 12.0 Å². The van der Waals surface area contributed by atoms with Gasteiger partial charge >= 0.3 is 5.97 Å². The molecule has 3 nitrogen and oxygen atoms in total. The first kappa shape index (κ1) is 12.9. The van der Waals surface area contributed by atoms with Crippen LogP contribution in [0.5, 0.6) is 0 Å². The molecule has 3 heteroatoms. The van der Waals surface area contributed by atoms with Crippen LogP contribution in [0, 0.1) is 11.3 Å². The van der Waals surface area contributed by atoms with Gasteiger partial charge in [0, 0.05) is 6.54 Å². The second-order valence-electron chi connectivity index (χ2n) is 5.64. The Morgan fingerprint density at radius 2 is 2.24 bits per heavy atom. The first-order valence-electron chi connectivity index (χ1n) is 7.15. The summed E-state index contributed by atoms with van der Waals surface area (Å²) in [7, 11) is 0. The third kappa shape index (κ3) is 3.01. The Hall–Kier alpha value is -0.570. The predicted octanol–water partition coefficient (Wildman–Crippen LogP) is 2.50. The smallest absolute Gasteiger partial charge is 0.313 e. The highest BCUT2D eigenvalue weighted by molar-refractivity contribution is 5.77. The molecule has 2 aliphatic rings. The molecule has 17 heavy (non-hydrogen) atoms. The number of rotatable bonds is 5. The second kappa shape index (κ2) is 5.85. The zero-order valence-corrected chi connectivity index (χ0v) is 11.0. The molecule has 1 heterocycles. The van der Waals surface area contributed by atoms with E-state index in [4.69, 9.17) is 4.74 Å². The van der Waals surface area contributed by atoms with Crippen molar-refractivity contribution >= 4 is 5.97 Å². The lowest BCUT2D eigenvalue weighted by Crippen LogP contribution is -2.46. The van der Waals surface area contributed by atoms with Gasteiger partial charge in [-0.3, -0.25) is 4.79 Å². The second-order valence-corrected chi connectivity index (χ2v) is 5.64. The number of ether oxygens (including phenoxy) is 1. The van der Waals surface area contributed by atoms with E-state index in [1.54, 1.807) is 0 Å². The van der Waals surface area contributed by atoms with Gasteiger partial charge in [-0.05, 0) is 38.1 Å². The fourth-order valence-electron chi connectivity index (χ4n) is 2.84. The van der Waals surface area contributed by atoms with Crippen molar-refractivity contribution in [1.82, 2.24) is 5.32 Å². The van der Waals surface area contributed by atoms with Crippen molar-refractivity contribution in [1.29, 1.82) is 0 Å². The Labute approximate surface area is 104 Å². The van der Waals surface area contributed by atoms with Gasteiger partial charge in [0.2, 0.25) is 0 Å². The predicted molar refractivity (Wildman–Crippen MR) is 67.7 cm³/mol. The molecule has 0 spiro atoms. The maximum absolute atomic E-state index is 12.2. The third-order valence-electron chi connectivity index (χ3n) is 4.57. The van der Waals surface area contributed by atoms with Crippen molar-refractivity contribution in [3.63, 3.8) is 0 Å². The lowest BCUT2D eigenvalue weighted by molar-refractivity contribution is -0.158. The molecule has 0 radical (unpaired) electrons. The molecule has 1 aliphatic heterocycles. The van der Waals surface area contributed by atoms with E-state index in [9.17, 15) is 4.79 Å². The molecule has 1 aliphatic carbocycles. The standard InChI is InChI=1S/C14H25NO2/c1-2-14(8-4-9-15-11-14)13(16)17-10-7-12-5-3-6-12/h12,15H,2-11H2,1H3. The largest absolute Gasteiger partial charge is 0.465 e. The van der Waals surface area contributed by atoms with E-state index in [0.717, 1.165) is 44.7 Å². The number of hydrogen-bond donors (Lipinski definition) is 1. The van der Waals surface area contributed by atoms with Crippen LogP contribution >= 0.6 is 0 Å². The minimum absolute atomic E-state index is 0.0338. The molecule has 0 amide bonds. The molecule has 1 saturated carbocycles. The average Bonchev–Trinajstić information content (AvgIpc) is 2.33. The third-order valence-corrected chi connectivity index (χ3v) is 4.57. The number of carbonyl (C=O) groups excluding carboxylic acids is 1. The molecule has 0 aromatic carbocycles. The van der Waals surface area contributed by atoms with Gasteiger partial charge in [-0.15, -0.1) is 0 Å². The van der Waals surface area contributed by atoms with Crippen LogP contribution in [-0.4, -0.2) is 25.7 Å². The Bertz CT molecular complexity index is 255. The van der Waals surface area contributed by atoms with Crippen LogP contribution in [0.2, 0.25) is 0 Å². The maximum Gasteiger partial charge on any atom is 0.313 e. The van der Waals surface area contributed by atoms with Crippen LogP contribution < -0.4 is 5.32 Å². The van der Waals surface area contributed by atoms with Crippen molar-refractivity contribution in [2.24, 2.45) is 11.3 Å². The molecule has 2 rings (SSSR count). The molecule has 1 unspecified atom stereocenters. The molecule has 1 N–H and O–H groups in total. The zero-order chi connectivity index (χ0) is 12.1. The molecule has 0 aromatic rings. The summed E-state index contributed by atoms with van der Waals surface area (Å²) < 4.78 is 5.50. The first-order valence-corrected chi connectivity index (χ1v) is 7.15. The number of esters is 1. The molecular weight excluding hydrogens is 214 g/mol. The fraction of sp³-hybridized carbons (Fsp3) is 0.929. The highest BCUT2D eigenvalue weighted by atomic mass is 16.5. The fourth-order valence-corrected chi connectivity index (χ4v) is 2.84. The topological polar surface area (TPSA) is 38.3 Å². The van der Waals surface area contributed by atoms with E-state index >= 15 is 0 Å². The van der Waals surface area contributed by atoms with Gasteiger partial charge in [0.25, 0.3) is 0 Å². The maximum atomic E-state index is 12.2. The van der Waals surface area contributed by atoms with Crippen LogP contribution in [0.25, 0.3) is 0 Å². The number of carbonyl (C=O) groups is 1. The summed E-state index contributed by atoms with van der Waals surface area (Å²) >= 11 is 0. The van der Waals surface area contributed by atoms with E-state index < -0.39 is 0 Å². The summed E-state index contributed by atoms with van der Waals surface area (Å²) in [6.07, 6.45) is 8.06. The summed E-state index contributed by atoms with van der Waals surface area (Å²) in [5, 5.41) is 3.33. The van der Waals surface area contributed by atoms with Crippen LogP contribution in [0.4, 0.5) is 0 Å². The summed E-state index contributed by atoms with van der Waals surface area (Å²) in [5.41, 5.74) is -0.238. The van der Waals surface area contributed by atoms with Gasteiger partial charge < -0.3 is 10.1 Å². The van der Waals surface area contributed by atoms with E-state index in [0.29, 0.717) is 6.61 Å². The van der Waals surface area contributed by atoms with Crippen molar-refractivity contribution in [2.45, 2.75) is 51.9 Å². The molecule has 0 bridgehead atoms. The van der Waals surface area contributed by atoms with E-state index in [2.05, 4.69) is 12.2 Å². The number of hydrogen-bond acceptors (Lipinski definition) is 3. The van der Waals surface area contributed by atoms with Crippen molar-refractivity contribution < 1.29 is 9.53 Å². The number of piperidine rings is 1. The molecule has 1 atom stereocenters. The van der Waals surface area contributed by atoms with E-state index in [1.807, 2.05) is 0 Å². The lowest BCUT2D eigenvalue weighted by atomic mass is 9.78. The number of nitrogens with one attached hydrogen (secondary N) is 1. The van der Waals surface area contributed by atoms with Crippen LogP contribution in [0.3, 0.4) is 0 Å². The normalized spacial score (nSPS) is 29.7. The van der Waals surface area contributed by atoms with Gasteiger partial charge in [-0.25, -0.2) is 0 Å². The van der Waals surface area contributed by atoms with Gasteiger partial charge in [0.15, 0.2) is 0 Å². The van der Waals surface area contributed by atoms with E-state index in [-0.39, 0.29) is 11.4 Å². The monoisotopic (exact) mass is 239 g/mol. The Morgan fingerprint density at radius 3 is 2.76 bits per heavy atom. The molecule has 2 fully saturated rings. The molecule has 0 aromatic heterocycles. The summed E-state index contributed by atoms with van der Waals surface area (Å²) in [4.78, 5) is 12.2. The van der Waals surface area contributed by atoms with Crippen LogP contribution in [0.15, 0.2) is 0 Å². The van der Waals surface area contributed by atoms with Crippen molar-refractivity contribution in [3.8, 4) is 0 Å². The summed E-state index contributed by atoms with van der Waals surface area (Å²) in [6.45, 7) is 4.56. The SMILES string of the molecule is CCC1(C(=O)OCCC2CCC2)CCCNC1. The molecule has 98 valence electrons. The highest BCUT2D eigenvalue weighted by Crippen LogP contribution is 2.33. The average molecular weight is 239 g/mol. The highest BCUT2D eigenvalue weighted by Gasteiger charge is 2.39. The van der Waals surface area contributed by atoms with Crippen molar-refractivity contribution in [2.75, 3.05) is 19.7 Å². The van der Waals surface area contributed by atoms with Gasteiger partial charge in [-0.1, -0.05) is 26.2 Å². The van der Waals surface area contributed by atoms with Gasteiger partial charge in [0.1, 0.15) is 0 Å².